The van der Waals surface area contributed by atoms with Gasteiger partial charge in [0.1, 0.15) is 5.69 Å². The number of benzene rings is 1. The molecule has 2 aromatic rings. The summed E-state index contributed by atoms with van der Waals surface area (Å²) in [5, 5.41) is 11.4. The molecular weight excluding hydrogens is 464 g/mol. The topological polar surface area (TPSA) is 101 Å². The first-order chi connectivity index (χ1) is 16.6. The van der Waals surface area contributed by atoms with Gasteiger partial charge < -0.3 is 14.0 Å². The summed E-state index contributed by atoms with van der Waals surface area (Å²) in [4.78, 5) is 35.4. The van der Waals surface area contributed by atoms with Crippen molar-refractivity contribution in [2.45, 2.75) is 64.8 Å². The van der Waals surface area contributed by atoms with E-state index in [1.807, 2.05) is 13.0 Å². The smallest absolute Gasteiger partial charge is 0.354 e. The van der Waals surface area contributed by atoms with E-state index in [0.717, 1.165) is 24.5 Å². The quantitative estimate of drug-likeness (QED) is 0.106. The van der Waals surface area contributed by atoms with Gasteiger partial charge >= 0.3 is 11.9 Å². The van der Waals surface area contributed by atoms with Gasteiger partial charge in [0.05, 0.1) is 24.2 Å². The lowest BCUT2D eigenvalue weighted by molar-refractivity contribution is -0.384. The molecule has 0 aliphatic heterocycles. The van der Waals surface area contributed by atoms with Gasteiger partial charge in [-0.3, -0.25) is 14.9 Å². The number of carbonyl (C=O) groups excluding carboxylic acids is 2. The molecule has 35 heavy (non-hydrogen) atoms. The molecule has 0 N–H and O–H groups in total. The van der Waals surface area contributed by atoms with E-state index in [1.165, 1.54) is 13.2 Å². The number of esters is 2. The largest absolute Gasteiger partial charge is 0.466 e. The number of allylic oxidation sites excluding steroid dienone is 2. The van der Waals surface area contributed by atoms with Gasteiger partial charge in [0.15, 0.2) is 0 Å². The first kappa shape index (κ1) is 28.0. The van der Waals surface area contributed by atoms with E-state index in [-0.39, 0.29) is 11.7 Å². The van der Waals surface area contributed by atoms with Gasteiger partial charge in [-0.25, -0.2) is 4.79 Å². The summed E-state index contributed by atoms with van der Waals surface area (Å²) < 4.78 is 12.1. The number of aromatic nitrogens is 1. The molecule has 0 spiro atoms. The van der Waals surface area contributed by atoms with Crippen molar-refractivity contribution in [2.75, 3.05) is 13.7 Å². The molecule has 9 heteroatoms. The fraction of sp³-hybridized carbons (Fsp3) is 0.462. The van der Waals surface area contributed by atoms with Crippen LogP contribution in [0.1, 0.15) is 43.1 Å². The highest BCUT2D eigenvalue weighted by molar-refractivity contribution is 6.76. The molecule has 0 saturated heterocycles. The van der Waals surface area contributed by atoms with Crippen LogP contribution in [-0.4, -0.2) is 43.2 Å². The first-order valence-corrected chi connectivity index (χ1v) is 15.6. The molecule has 0 amide bonds. The van der Waals surface area contributed by atoms with E-state index in [9.17, 15) is 19.7 Å². The molecular formula is C26H36N2O6Si. The number of nitrogens with zero attached hydrogens (tertiary/aromatic N) is 2. The summed E-state index contributed by atoms with van der Waals surface area (Å²) in [5.74, 6) is -0.669. The molecule has 0 radical (unpaired) electrons. The number of aryl methyl sites for hydroxylation is 1. The number of para-hydroxylation sites is 1. The van der Waals surface area contributed by atoms with Crippen LogP contribution in [0.2, 0.25) is 25.7 Å². The van der Waals surface area contributed by atoms with Gasteiger partial charge in [-0.1, -0.05) is 43.4 Å². The van der Waals surface area contributed by atoms with Crippen molar-refractivity contribution in [1.82, 2.24) is 4.57 Å². The van der Waals surface area contributed by atoms with Gasteiger partial charge in [0, 0.05) is 38.9 Å². The molecule has 0 fully saturated rings. The Morgan fingerprint density at radius 2 is 1.86 bits per heavy atom. The third-order valence-electron chi connectivity index (χ3n) is 5.77. The molecule has 8 nitrogen and oxygen atoms in total. The summed E-state index contributed by atoms with van der Waals surface area (Å²) in [7, 11) is 0.0832. The van der Waals surface area contributed by atoms with E-state index in [2.05, 4.69) is 19.6 Å². The van der Waals surface area contributed by atoms with Crippen LogP contribution >= 0.6 is 0 Å². The van der Waals surface area contributed by atoms with Crippen LogP contribution in [0.15, 0.2) is 48.2 Å². The predicted octanol–water partition coefficient (Wildman–Crippen LogP) is 6.24. The van der Waals surface area contributed by atoms with Crippen LogP contribution in [0.4, 0.5) is 5.69 Å². The minimum atomic E-state index is -1.23. The Kier molecular flexibility index (Phi) is 10.4. The summed E-state index contributed by atoms with van der Waals surface area (Å²) >= 11 is 0. The monoisotopic (exact) mass is 500 g/mol. The summed E-state index contributed by atoms with van der Waals surface area (Å²) in [6.07, 6.45) is 6.26. The predicted molar refractivity (Wildman–Crippen MR) is 139 cm³/mol. The van der Waals surface area contributed by atoms with Gasteiger partial charge in [-0.2, -0.15) is 0 Å². The van der Waals surface area contributed by atoms with Crippen molar-refractivity contribution in [1.29, 1.82) is 0 Å². The van der Waals surface area contributed by atoms with Crippen molar-refractivity contribution in [2.24, 2.45) is 0 Å². The molecule has 0 atom stereocenters. The Hall–Kier alpha value is -3.20. The van der Waals surface area contributed by atoms with Crippen LogP contribution in [0.25, 0.3) is 11.1 Å². The van der Waals surface area contributed by atoms with Crippen LogP contribution in [0.3, 0.4) is 0 Å². The second kappa shape index (κ2) is 13.0. The molecule has 1 aromatic heterocycles. The second-order valence-electron chi connectivity index (χ2n) is 9.65. The van der Waals surface area contributed by atoms with Crippen LogP contribution < -0.4 is 0 Å². The maximum Gasteiger partial charge on any atom is 0.354 e. The minimum absolute atomic E-state index is 0.0194. The third-order valence-corrected chi connectivity index (χ3v) is 7.48. The number of carbonyl (C=O) groups is 2. The average Bonchev–Trinajstić information content (AvgIpc) is 3.23. The molecule has 0 aliphatic carbocycles. The number of rotatable bonds is 13. The first-order valence-electron chi connectivity index (χ1n) is 11.9. The highest BCUT2D eigenvalue weighted by Crippen LogP contribution is 2.31. The fourth-order valence-corrected chi connectivity index (χ4v) is 4.41. The van der Waals surface area contributed by atoms with Crippen molar-refractivity contribution in [3.05, 3.63) is 64.0 Å². The summed E-state index contributed by atoms with van der Waals surface area (Å²) in [5.41, 5.74) is 2.51. The summed E-state index contributed by atoms with van der Waals surface area (Å²) in [6.45, 7) is 9.72. The molecule has 0 saturated carbocycles. The maximum atomic E-state index is 12.3. The molecule has 0 bridgehead atoms. The van der Waals surface area contributed by atoms with Gasteiger partial charge in [0.25, 0.3) is 5.69 Å². The zero-order valence-corrected chi connectivity index (χ0v) is 22.3. The van der Waals surface area contributed by atoms with Crippen molar-refractivity contribution in [3.8, 4) is 11.1 Å². The van der Waals surface area contributed by atoms with Crippen molar-refractivity contribution in [3.63, 3.8) is 0 Å². The Morgan fingerprint density at radius 1 is 1.14 bits per heavy atom. The number of nitro groups is 1. The van der Waals surface area contributed by atoms with Gasteiger partial charge in [0.2, 0.25) is 0 Å². The lowest BCUT2D eigenvalue weighted by Gasteiger charge is -2.15. The Labute approximate surface area is 208 Å². The fourth-order valence-electron chi connectivity index (χ4n) is 3.69. The number of hydrogen-bond acceptors (Lipinski definition) is 6. The lowest BCUT2D eigenvalue weighted by atomic mass is 10.0. The lowest BCUT2D eigenvalue weighted by Crippen LogP contribution is -2.22. The molecule has 1 heterocycles. The molecule has 1 aromatic carbocycles. The standard InChI is InChI=1S/C26H36N2O6Si/c1-6-20(13-14-25(29)34-16-17-35(3,4)5)10-9-15-27-19-21(18-24(27)26(30)33-2)22-11-7-8-12-23(22)28(31)32/h6-8,11-12,18-19H,9-10,13-17H2,1-5H3/b20-6+. The maximum absolute atomic E-state index is 12.3. The van der Waals surface area contributed by atoms with E-state index < -0.39 is 19.0 Å². The van der Waals surface area contributed by atoms with Crippen LogP contribution in [0.5, 0.6) is 0 Å². The van der Waals surface area contributed by atoms with Crippen molar-refractivity contribution >= 4 is 25.7 Å². The number of nitro benzene ring substituents is 1. The van der Waals surface area contributed by atoms with E-state index in [1.54, 1.807) is 35.0 Å². The molecule has 190 valence electrons. The molecule has 0 unspecified atom stereocenters. The highest BCUT2D eigenvalue weighted by atomic mass is 28.3. The van der Waals surface area contributed by atoms with Gasteiger partial charge in [-0.05, 0) is 44.4 Å². The van der Waals surface area contributed by atoms with E-state index in [4.69, 9.17) is 9.47 Å². The van der Waals surface area contributed by atoms with Crippen LogP contribution in [-0.2, 0) is 20.8 Å². The molecule has 0 aliphatic rings. The Balaban J connectivity index is 2.01. The second-order valence-corrected chi connectivity index (χ2v) is 15.3. The Morgan fingerprint density at radius 3 is 2.49 bits per heavy atom. The summed E-state index contributed by atoms with van der Waals surface area (Å²) in [6, 6.07) is 9.04. The zero-order chi connectivity index (χ0) is 26.0. The van der Waals surface area contributed by atoms with E-state index >= 15 is 0 Å². The number of hydrogen-bond donors (Lipinski definition) is 0. The minimum Gasteiger partial charge on any atom is -0.466 e. The van der Waals surface area contributed by atoms with Crippen LogP contribution in [0, 0.1) is 10.1 Å². The van der Waals surface area contributed by atoms with Gasteiger partial charge in [-0.15, -0.1) is 0 Å². The van der Waals surface area contributed by atoms with E-state index in [0.29, 0.717) is 42.8 Å². The number of ether oxygens (including phenoxy) is 2. The molecule has 2 rings (SSSR count). The number of methoxy groups -OCH3 is 1. The Bertz CT molecular complexity index is 1070. The zero-order valence-electron chi connectivity index (χ0n) is 21.3. The SMILES string of the molecule is C/C=C(\CCCn1cc(-c2ccccc2[N+](=O)[O-])cc1C(=O)OC)CCC(=O)OCC[Si](C)(C)C. The third kappa shape index (κ3) is 8.82. The van der Waals surface area contributed by atoms with Crippen molar-refractivity contribution < 1.29 is 24.0 Å². The highest BCUT2D eigenvalue weighted by Gasteiger charge is 2.20. The normalized spacial score (nSPS) is 11.9. The average molecular weight is 501 g/mol.